The van der Waals surface area contributed by atoms with E-state index in [1.54, 1.807) is 0 Å². The summed E-state index contributed by atoms with van der Waals surface area (Å²) in [5, 5.41) is 3.70. The molecule has 2 atom stereocenters. The van der Waals surface area contributed by atoms with Gasteiger partial charge in [-0.05, 0) is 43.0 Å². The second kappa shape index (κ2) is 6.41. The van der Waals surface area contributed by atoms with Crippen molar-refractivity contribution in [2.45, 2.75) is 19.3 Å². The van der Waals surface area contributed by atoms with Crippen LogP contribution in [0.3, 0.4) is 0 Å². The van der Waals surface area contributed by atoms with Gasteiger partial charge in [-0.1, -0.05) is 35.9 Å². The van der Waals surface area contributed by atoms with Gasteiger partial charge in [0, 0.05) is 22.7 Å². The molecule has 1 saturated carbocycles. The molecule has 0 aromatic heterocycles. The van der Waals surface area contributed by atoms with Crippen LogP contribution in [0, 0.1) is 5.92 Å². The van der Waals surface area contributed by atoms with Gasteiger partial charge in [0.2, 0.25) is 5.91 Å². The number of carbonyl (C=O) groups excluding carboxylic acids is 1. The number of carbonyl (C=O) groups is 1. The minimum absolute atomic E-state index is 0.00403. The van der Waals surface area contributed by atoms with Crippen LogP contribution in [0.25, 0.3) is 0 Å². The maximum absolute atomic E-state index is 12.3. The topological polar surface area (TPSA) is 38.3 Å². The van der Waals surface area contributed by atoms with E-state index in [1.165, 1.54) is 0 Å². The number of hydrogen-bond acceptors (Lipinski definition) is 2. The van der Waals surface area contributed by atoms with Crippen molar-refractivity contribution in [3.8, 4) is 5.75 Å². The molecule has 4 heteroatoms. The summed E-state index contributed by atoms with van der Waals surface area (Å²) in [5.74, 6) is 1.02. The third-order valence-corrected chi connectivity index (χ3v) is 4.19. The summed E-state index contributed by atoms with van der Waals surface area (Å²) in [6.45, 7) is 2.54. The van der Waals surface area contributed by atoms with Crippen LogP contribution in [-0.2, 0) is 4.79 Å². The Balaban J connectivity index is 1.64. The zero-order chi connectivity index (χ0) is 15.5. The zero-order valence-electron chi connectivity index (χ0n) is 12.4. The predicted octanol–water partition coefficient (Wildman–Crippen LogP) is 4.48. The fraction of sp³-hybridized carbons (Fsp3) is 0.278. The maximum atomic E-state index is 12.3. The first kappa shape index (κ1) is 14.9. The van der Waals surface area contributed by atoms with E-state index < -0.39 is 0 Å². The van der Waals surface area contributed by atoms with E-state index >= 15 is 0 Å². The molecule has 0 radical (unpaired) electrons. The number of amides is 1. The SMILES string of the molecule is CCOc1cccc(NC(=O)C2CC2c2ccccc2Cl)c1. The number of benzene rings is 2. The second-order valence-electron chi connectivity index (χ2n) is 5.42. The highest BCUT2D eigenvalue weighted by atomic mass is 35.5. The van der Waals surface area contributed by atoms with Gasteiger partial charge in [-0.15, -0.1) is 0 Å². The van der Waals surface area contributed by atoms with E-state index in [9.17, 15) is 4.79 Å². The first-order chi connectivity index (χ1) is 10.7. The molecule has 2 aromatic rings. The zero-order valence-corrected chi connectivity index (χ0v) is 13.1. The third-order valence-electron chi connectivity index (χ3n) is 3.84. The molecule has 1 aliphatic carbocycles. The first-order valence-corrected chi connectivity index (χ1v) is 7.85. The standard InChI is InChI=1S/C18H18ClNO2/c1-2-22-13-7-5-6-12(10-13)20-18(21)16-11-15(16)14-8-3-4-9-17(14)19/h3-10,15-16H,2,11H2,1H3,(H,20,21). The lowest BCUT2D eigenvalue weighted by atomic mass is 10.1. The smallest absolute Gasteiger partial charge is 0.228 e. The van der Waals surface area contributed by atoms with Crippen LogP contribution >= 0.6 is 11.6 Å². The molecule has 0 heterocycles. The van der Waals surface area contributed by atoms with Crippen molar-refractivity contribution in [3.63, 3.8) is 0 Å². The molecule has 1 aliphatic rings. The minimum Gasteiger partial charge on any atom is -0.494 e. The third kappa shape index (κ3) is 3.25. The van der Waals surface area contributed by atoms with Crippen LogP contribution in [0.1, 0.15) is 24.8 Å². The maximum Gasteiger partial charge on any atom is 0.228 e. The highest BCUT2D eigenvalue weighted by Gasteiger charge is 2.44. The van der Waals surface area contributed by atoms with E-state index in [0.29, 0.717) is 6.61 Å². The Morgan fingerprint density at radius 3 is 2.86 bits per heavy atom. The molecule has 0 saturated heterocycles. The van der Waals surface area contributed by atoms with Crippen molar-refractivity contribution in [3.05, 3.63) is 59.1 Å². The van der Waals surface area contributed by atoms with Crippen molar-refractivity contribution < 1.29 is 9.53 Å². The van der Waals surface area contributed by atoms with Gasteiger partial charge < -0.3 is 10.1 Å². The molecule has 0 spiro atoms. The molecular weight excluding hydrogens is 298 g/mol. The highest BCUT2D eigenvalue weighted by molar-refractivity contribution is 6.31. The Hall–Kier alpha value is -2.00. The molecule has 0 aliphatic heterocycles. The quantitative estimate of drug-likeness (QED) is 0.883. The van der Waals surface area contributed by atoms with E-state index in [0.717, 1.165) is 28.4 Å². The largest absolute Gasteiger partial charge is 0.494 e. The van der Waals surface area contributed by atoms with E-state index in [-0.39, 0.29) is 17.7 Å². The van der Waals surface area contributed by atoms with Crippen molar-refractivity contribution in [1.82, 2.24) is 0 Å². The number of ether oxygens (including phenoxy) is 1. The highest BCUT2D eigenvalue weighted by Crippen LogP contribution is 2.50. The van der Waals surface area contributed by atoms with Crippen LogP contribution in [0.5, 0.6) is 5.75 Å². The number of halogens is 1. The van der Waals surface area contributed by atoms with Crippen LogP contribution in [0.4, 0.5) is 5.69 Å². The molecule has 1 fully saturated rings. The Labute approximate surface area is 135 Å². The van der Waals surface area contributed by atoms with Gasteiger partial charge in [0.05, 0.1) is 6.61 Å². The molecule has 22 heavy (non-hydrogen) atoms. The molecule has 3 rings (SSSR count). The normalized spacial score (nSPS) is 19.5. The Bertz CT molecular complexity index is 686. The van der Waals surface area contributed by atoms with Crippen molar-refractivity contribution in [2.24, 2.45) is 5.92 Å². The molecule has 1 amide bonds. The molecule has 0 bridgehead atoms. The average molecular weight is 316 g/mol. The summed E-state index contributed by atoms with van der Waals surface area (Å²) in [6.07, 6.45) is 0.848. The fourth-order valence-electron chi connectivity index (χ4n) is 2.67. The van der Waals surface area contributed by atoms with E-state index in [1.807, 2.05) is 55.5 Å². The van der Waals surface area contributed by atoms with Crippen LogP contribution in [0.15, 0.2) is 48.5 Å². The number of anilines is 1. The second-order valence-corrected chi connectivity index (χ2v) is 5.83. The van der Waals surface area contributed by atoms with Crippen LogP contribution < -0.4 is 10.1 Å². The molecule has 1 N–H and O–H groups in total. The van der Waals surface area contributed by atoms with Crippen LogP contribution in [-0.4, -0.2) is 12.5 Å². The summed E-state index contributed by atoms with van der Waals surface area (Å²) in [6, 6.07) is 15.2. The lowest BCUT2D eigenvalue weighted by Crippen LogP contribution is -2.14. The minimum atomic E-state index is -0.00403. The first-order valence-electron chi connectivity index (χ1n) is 7.47. The van der Waals surface area contributed by atoms with E-state index in [4.69, 9.17) is 16.3 Å². The van der Waals surface area contributed by atoms with Gasteiger partial charge in [0.1, 0.15) is 5.75 Å². The molecular formula is C18H18ClNO2. The van der Waals surface area contributed by atoms with Crippen molar-refractivity contribution in [2.75, 3.05) is 11.9 Å². The summed E-state index contributed by atoms with van der Waals surface area (Å²) < 4.78 is 5.44. The number of nitrogens with one attached hydrogen (secondary N) is 1. The summed E-state index contributed by atoms with van der Waals surface area (Å²) in [4.78, 5) is 12.3. The summed E-state index contributed by atoms with van der Waals surface area (Å²) in [5.41, 5.74) is 1.83. The Morgan fingerprint density at radius 2 is 2.09 bits per heavy atom. The van der Waals surface area contributed by atoms with Crippen molar-refractivity contribution >= 4 is 23.2 Å². The lowest BCUT2D eigenvalue weighted by Gasteiger charge is -2.08. The van der Waals surface area contributed by atoms with Gasteiger partial charge in [-0.2, -0.15) is 0 Å². The molecule has 114 valence electrons. The monoisotopic (exact) mass is 315 g/mol. The van der Waals surface area contributed by atoms with Gasteiger partial charge in [-0.25, -0.2) is 0 Å². The Morgan fingerprint density at radius 1 is 1.27 bits per heavy atom. The van der Waals surface area contributed by atoms with Crippen molar-refractivity contribution in [1.29, 1.82) is 0 Å². The van der Waals surface area contributed by atoms with Gasteiger partial charge in [0.25, 0.3) is 0 Å². The van der Waals surface area contributed by atoms with Gasteiger partial charge in [-0.3, -0.25) is 4.79 Å². The average Bonchev–Trinajstić information content (AvgIpc) is 3.29. The fourth-order valence-corrected chi connectivity index (χ4v) is 2.95. The Kier molecular flexibility index (Phi) is 4.34. The van der Waals surface area contributed by atoms with Crippen LogP contribution in [0.2, 0.25) is 5.02 Å². The van der Waals surface area contributed by atoms with Gasteiger partial charge >= 0.3 is 0 Å². The number of rotatable bonds is 5. The van der Waals surface area contributed by atoms with E-state index in [2.05, 4.69) is 5.32 Å². The lowest BCUT2D eigenvalue weighted by molar-refractivity contribution is -0.117. The molecule has 2 aromatic carbocycles. The molecule has 2 unspecified atom stereocenters. The summed E-state index contributed by atoms with van der Waals surface area (Å²) >= 11 is 6.20. The van der Waals surface area contributed by atoms with Gasteiger partial charge in [0.15, 0.2) is 0 Å². The predicted molar refractivity (Wildman–Crippen MR) is 88.5 cm³/mol. The molecule has 3 nitrogen and oxygen atoms in total. The number of hydrogen-bond donors (Lipinski definition) is 1. The summed E-state index contributed by atoms with van der Waals surface area (Å²) in [7, 11) is 0.